The molecule has 0 rings (SSSR count). The summed E-state index contributed by atoms with van der Waals surface area (Å²) in [6, 6.07) is 0.332. The van der Waals surface area contributed by atoms with E-state index in [2.05, 4.69) is 13.8 Å². The monoisotopic (exact) mass is 200 g/mol. The average molecular weight is 200 g/mol. The van der Waals surface area contributed by atoms with E-state index in [0.717, 1.165) is 13.0 Å². The predicted octanol–water partition coefficient (Wildman–Crippen LogP) is 2.66. The van der Waals surface area contributed by atoms with Gasteiger partial charge in [-0.15, -0.1) is 0 Å². The van der Waals surface area contributed by atoms with E-state index in [-0.39, 0.29) is 0 Å². The largest absolute Gasteiger partial charge is 0.330 e. The van der Waals surface area contributed by atoms with Crippen molar-refractivity contribution >= 4 is 0 Å². The topological polar surface area (TPSA) is 52.0 Å². The van der Waals surface area contributed by atoms with Crippen molar-refractivity contribution in [2.75, 3.05) is 6.54 Å². The van der Waals surface area contributed by atoms with E-state index in [1.807, 2.05) is 0 Å². The van der Waals surface area contributed by atoms with Gasteiger partial charge in [-0.3, -0.25) is 0 Å². The summed E-state index contributed by atoms with van der Waals surface area (Å²) in [5.74, 6) is 0.548. The summed E-state index contributed by atoms with van der Waals surface area (Å²) in [6.45, 7) is 5.20. The zero-order valence-corrected chi connectivity index (χ0v) is 9.97. The Labute approximate surface area is 89.4 Å². The van der Waals surface area contributed by atoms with Crippen LogP contribution < -0.4 is 11.5 Å². The number of rotatable bonds is 9. The van der Waals surface area contributed by atoms with Gasteiger partial charge in [0.05, 0.1) is 0 Å². The van der Waals surface area contributed by atoms with Crippen molar-refractivity contribution in [1.29, 1.82) is 0 Å². The van der Waals surface area contributed by atoms with Gasteiger partial charge in [-0.25, -0.2) is 0 Å². The highest BCUT2D eigenvalue weighted by atomic mass is 14.7. The van der Waals surface area contributed by atoms with Crippen LogP contribution in [0.15, 0.2) is 0 Å². The molecule has 86 valence electrons. The molecule has 0 aliphatic heterocycles. The van der Waals surface area contributed by atoms with Crippen LogP contribution in [0.25, 0.3) is 0 Å². The zero-order valence-electron chi connectivity index (χ0n) is 9.97. The van der Waals surface area contributed by atoms with Crippen molar-refractivity contribution in [2.45, 2.75) is 64.8 Å². The van der Waals surface area contributed by atoms with Gasteiger partial charge in [-0.1, -0.05) is 46.0 Å². The Morgan fingerprint density at radius 2 is 1.57 bits per heavy atom. The lowest BCUT2D eigenvalue weighted by Crippen LogP contribution is -2.35. The maximum Gasteiger partial charge on any atom is 0.00792 e. The van der Waals surface area contributed by atoms with E-state index in [9.17, 15) is 0 Å². The molecule has 0 amide bonds. The van der Waals surface area contributed by atoms with Crippen LogP contribution in [0.2, 0.25) is 0 Å². The molecular weight excluding hydrogens is 172 g/mol. The molecule has 0 radical (unpaired) electrons. The predicted molar refractivity (Wildman–Crippen MR) is 64.2 cm³/mol. The molecule has 0 saturated heterocycles. The molecule has 4 N–H and O–H groups in total. The highest BCUT2D eigenvalue weighted by Crippen LogP contribution is 2.15. The van der Waals surface area contributed by atoms with Crippen molar-refractivity contribution < 1.29 is 0 Å². The van der Waals surface area contributed by atoms with Crippen molar-refractivity contribution in [3.8, 4) is 0 Å². The molecule has 0 aliphatic carbocycles. The Morgan fingerprint density at radius 1 is 0.929 bits per heavy atom. The first kappa shape index (κ1) is 13.9. The minimum absolute atomic E-state index is 0.332. The van der Waals surface area contributed by atoms with Crippen LogP contribution in [0.3, 0.4) is 0 Å². The lowest BCUT2D eigenvalue weighted by atomic mass is 9.91. The fourth-order valence-corrected chi connectivity index (χ4v) is 1.84. The Balaban J connectivity index is 3.61. The van der Waals surface area contributed by atoms with Crippen molar-refractivity contribution in [3.63, 3.8) is 0 Å². The second-order valence-corrected chi connectivity index (χ2v) is 4.30. The van der Waals surface area contributed by atoms with E-state index >= 15 is 0 Å². The normalized spacial score (nSPS) is 15.4. The number of hydrogen-bond acceptors (Lipinski definition) is 2. The van der Waals surface area contributed by atoms with E-state index in [1.54, 1.807) is 0 Å². The molecule has 2 nitrogen and oxygen atoms in total. The van der Waals surface area contributed by atoms with E-state index in [0.29, 0.717) is 12.0 Å². The zero-order chi connectivity index (χ0) is 10.8. The second kappa shape index (κ2) is 9.47. The molecule has 0 heterocycles. The molecule has 0 saturated carbocycles. The number of unbranched alkanes of at least 4 members (excludes halogenated alkanes) is 3. The summed E-state index contributed by atoms with van der Waals surface area (Å²) in [6.07, 6.45) is 8.72. The van der Waals surface area contributed by atoms with Gasteiger partial charge in [0, 0.05) is 6.04 Å². The lowest BCUT2D eigenvalue weighted by Gasteiger charge is -2.22. The van der Waals surface area contributed by atoms with Crippen LogP contribution in [0.1, 0.15) is 58.8 Å². The maximum absolute atomic E-state index is 6.13. The first-order valence-electron chi connectivity index (χ1n) is 6.21. The Bertz CT molecular complexity index is 115. The quantitative estimate of drug-likeness (QED) is 0.562. The molecule has 0 aromatic carbocycles. The van der Waals surface area contributed by atoms with Crippen molar-refractivity contribution in [1.82, 2.24) is 0 Å². The summed E-state index contributed by atoms with van der Waals surface area (Å²) in [4.78, 5) is 0. The van der Waals surface area contributed by atoms with E-state index in [4.69, 9.17) is 11.5 Å². The highest BCUT2D eigenvalue weighted by molar-refractivity contribution is 4.73. The number of hydrogen-bond donors (Lipinski definition) is 2. The third-order valence-corrected chi connectivity index (χ3v) is 2.98. The van der Waals surface area contributed by atoms with Crippen LogP contribution >= 0.6 is 0 Å². The van der Waals surface area contributed by atoms with Crippen LogP contribution in [0.4, 0.5) is 0 Å². The summed E-state index contributed by atoms with van der Waals surface area (Å²) in [7, 11) is 0. The van der Waals surface area contributed by atoms with Crippen LogP contribution in [-0.2, 0) is 0 Å². The smallest absolute Gasteiger partial charge is 0.00792 e. The first-order chi connectivity index (χ1) is 6.76. The summed E-state index contributed by atoms with van der Waals surface area (Å²) < 4.78 is 0. The van der Waals surface area contributed by atoms with Crippen molar-refractivity contribution in [3.05, 3.63) is 0 Å². The summed E-state index contributed by atoms with van der Waals surface area (Å²) in [5, 5.41) is 0. The minimum atomic E-state index is 0.332. The Kier molecular flexibility index (Phi) is 9.42. The molecule has 0 spiro atoms. The van der Waals surface area contributed by atoms with Gasteiger partial charge in [0.15, 0.2) is 0 Å². The molecule has 0 aromatic heterocycles. The standard InChI is InChI=1S/C12H28N2/c1-3-5-7-9-12(14)11(10-13)8-6-4-2/h11-12H,3-10,13-14H2,1-2H3. The summed E-state index contributed by atoms with van der Waals surface area (Å²) in [5.41, 5.74) is 11.9. The maximum atomic E-state index is 6.13. The van der Waals surface area contributed by atoms with Crippen LogP contribution in [0, 0.1) is 5.92 Å². The molecule has 2 unspecified atom stereocenters. The Morgan fingerprint density at radius 3 is 2.07 bits per heavy atom. The fourth-order valence-electron chi connectivity index (χ4n) is 1.84. The van der Waals surface area contributed by atoms with Gasteiger partial charge in [-0.2, -0.15) is 0 Å². The SMILES string of the molecule is CCCCCC(N)C(CN)CCCC. The third kappa shape index (κ3) is 6.39. The summed E-state index contributed by atoms with van der Waals surface area (Å²) >= 11 is 0. The molecular formula is C12H28N2. The van der Waals surface area contributed by atoms with Gasteiger partial charge < -0.3 is 11.5 Å². The number of nitrogens with two attached hydrogens (primary N) is 2. The third-order valence-electron chi connectivity index (χ3n) is 2.98. The molecule has 14 heavy (non-hydrogen) atoms. The molecule has 0 bridgehead atoms. The fraction of sp³-hybridized carbons (Fsp3) is 1.00. The molecule has 0 aliphatic rings. The van der Waals surface area contributed by atoms with Gasteiger partial charge in [0.25, 0.3) is 0 Å². The molecule has 0 fully saturated rings. The lowest BCUT2D eigenvalue weighted by molar-refractivity contribution is 0.365. The first-order valence-corrected chi connectivity index (χ1v) is 6.21. The second-order valence-electron chi connectivity index (χ2n) is 4.30. The van der Waals surface area contributed by atoms with E-state index in [1.165, 1.54) is 38.5 Å². The van der Waals surface area contributed by atoms with E-state index < -0.39 is 0 Å². The Hall–Kier alpha value is -0.0800. The molecule has 2 heteroatoms. The van der Waals surface area contributed by atoms with Gasteiger partial charge in [0.1, 0.15) is 0 Å². The van der Waals surface area contributed by atoms with Crippen molar-refractivity contribution in [2.24, 2.45) is 17.4 Å². The van der Waals surface area contributed by atoms with Gasteiger partial charge in [0.2, 0.25) is 0 Å². The average Bonchev–Trinajstić information content (AvgIpc) is 2.19. The van der Waals surface area contributed by atoms with Gasteiger partial charge in [-0.05, 0) is 25.3 Å². The minimum Gasteiger partial charge on any atom is -0.330 e. The molecule has 0 aromatic rings. The highest BCUT2D eigenvalue weighted by Gasteiger charge is 2.14. The van der Waals surface area contributed by atoms with Crippen LogP contribution in [0.5, 0.6) is 0 Å². The molecule has 2 atom stereocenters. The van der Waals surface area contributed by atoms with Crippen LogP contribution in [-0.4, -0.2) is 12.6 Å². The van der Waals surface area contributed by atoms with Gasteiger partial charge >= 0.3 is 0 Å².